The summed E-state index contributed by atoms with van der Waals surface area (Å²) in [6, 6.07) is 0.378. The van der Waals surface area contributed by atoms with Crippen LogP contribution in [0, 0.1) is 11.3 Å². The zero-order chi connectivity index (χ0) is 11.9. The quantitative estimate of drug-likeness (QED) is 0.315. The molecule has 0 aromatic carbocycles. The second-order valence-corrected chi connectivity index (χ2v) is 5.40. The van der Waals surface area contributed by atoms with Gasteiger partial charge in [0, 0.05) is 12.6 Å². The van der Waals surface area contributed by atoms with E-state index in [9.17, 15) is 4.79 Å². The van der Waals surface area contributed by atoms with E-state index < -0.39 is 5.41 Å². The molecule has 1 amide bonds. The molecular weight excluding hydrogens is 206 g/mol. The minimum absolute atomic E-state index is 0.0136. The summed E-state index contributed by atoms with van der Waals surface area (Å²) in [5, 5.41) is 11.6. The summed E-state index contributed by atoms with van der Waals surface area (Å²) in [6.45, 7) is 4.25. The Hall–Kier alpha value is -1.26. The first-order chi connectivity index (χ1) is 7.46. The Morgan fingerprint density at radius 3 is 2.62 bits per heavy atom. The van der Waals surface area contributed by atoms with Crippen molar-refractivity contribution in [2.45, 2.75) is 39.2 Å². The zero-order valence-corrected chi connectivity index (χ0v) is 9.81. The highest BCUT2D eigenvalue weighted by atomic mass is 16.4. The lowest BCUT2D eigenvalue weighted by atomic mass is 9.89. The smallest absolute Gasteiger partial charge is 0.236 e. The van der Waals surface area contributed by atoms with Crippen LogP contribution in [0.2, 0.25) is 0 Å². The van der Waals surface area contributed by atoms with Crippen LogP contribution in [0.25, 0.3) is 0 Å². The van der Waals surface area contributed by atoms with Crippen molar-refractivity contribution in [3.8, 4) is 0 Å². The molecule has 1 aliphatic heterocycles. The fourth-order valence-corrected chi connectivity index (χ4v) is 2.77. The predicted octanol–water partition coefficient (Wildman–Crippen LogP) is 0.770. The highest BCUT2D eigenvalue weighted by Gasteiger charge is 2.45. The van der Waals surface area contributed by atoms with E-state index in [0.717, 1.165) is 19.4 Å². The molecule has 0 aromatic rings. The van der Waals surface area contributed by atoms with Gasteiger partial charge in [-0.2, -0.15) is 0 Å². The number of amidine groups is 1. The van der Waals surface area contributed by atoms with Crippen molar-refractivity contribution in [2.24, 2.45) is 22.2 Å². The standard InChI is InChI=1S/C11H19N3O2/c1-11(2,9(12)13-16)10(15)14-6-7-3-4-8(14)5-7/h7-8,16H,3-6H2,1-2H3,(H2,12,13). The van der Waals surface area contributed by atoms with E-state index in [2.05, 4.69) is 5.16 Å². The van der Waals surface area contributed by atoms with Crippen LogP contribution in [-0.2, 0) is 4.79 Å². The summed E-state index contributed by atoms with van der Waals surface area (Å²) in [4.78, 5) is 14.2. The van der Waals surface area contributed by atoms with Crippen LogP contribution < -0.4 is 5.73 Å². The molecule has 1 saturated carbocycles. The number of nitrogens with zero attached hydrogens (tertiary/aromatic N) is 2. The third-order valence-corrected chi connectivity index (χ3v) is 3.95. The Balaban J connectivity index is 2.14. The molecule has 0 spiro atoms. The number of amides is 1. The number of likely N-dealkylation sites (tertiary alicyclic amines) is 1. The third-order valence-electron chi connectivity index (χ3n) is 3.95. The van der Waals surface area contributed by atoms with Gasteiger partial charge in [0.2, 0.25) is 5.91 Å². The van der Waals surface area contributed by atoms with Crippen molar-refractivity contribution in [3.05, 3.63) is 0 Å². The average molecular weight is 225 g/mol. The highest BCUT2D eigenvalue weighted by Crippen LogP contribution is 2.39. The summed E-state index contributed by atoms with van der Waals surface area (Å²) in [7, 11) is 0. The van der Waals surface area contributed by atoms with E-state index in [1.807, 2.05) is 4.90 Å². The average Bonchev–Trinajstić information content (AvgIpc) is 2.88. The second kappa shape index (κ2) is 3.64. The van der Waals surface area contributed by atoms with Crippen molar-refractivity contribution in [3.63, 3.8) is 0 Å². The molecule has 16 heavy (non-hydrogen) atoms. The fourth-order valence-electron chi connectivity index (χ4n) is 2.77. The van der Waals surface area contributed by atoms with E-state index in [1.165, 1.54) is 6.42 Å². The number of nitrogens with two attached hydrogens (primary N) is 1. The van der Waals surface area contributed by atoms with Gasteiger partial charge in [-0.1, -0.05) is 5.16 Å². The number of fused-ring (bicyclic) bond motifs is 2. The van der Waals surface area contributed by atoms with Gasteiger partial charge >= 0.3 is 0 Å². The lowest BCUT2D eigenvalue weighted by molar-refractivity contribution is -0.138. The van der Waals surface area contributed by atoms with Gasteiger partial charge < -0.3 is 15.8 Å². The molecule has 0 radical (unpaired) electrons. The summed E-state index contributed by atoms with van der Waals surface area (Å²) in [5.74, 6) is 0.632. The first-order valence-corrected chi connectivity index (χ1v) is 5.76. The van der Waals surface area contributed by atoms with Gasteiger partial charge in [0.25, 0.3) is 0 Å². The topological polar surface area (TPSA) is 78.9 Å². The normalized spacial score (nSPS) is 29.9. The van der Waals surface area contributed by atoms with Crippen molar-refractivity contribution in [2.75, 3.05) is 6.54 Å². The molecule has 90 valence electrons. The zero-order valence-electron chi connectivity index (χ0n) is 9.81. The van der Waals surface area contributed by atoms with Crippen molar-refractivity contribution >= 4 is 11.7 Å². The van der Waals surface area contributed by atoms with Crippen molar-refractivity contribution in [1.29, 1.82) is 0 Å². The second-order valence-electron chi connectivity index (χ2n) is 5.40. The Labute approximate surface area is 95.3 Å². The third kappa shape index (κ3) is 1.54. The Morgan fingerprint density at radius 1 is 1.50 bits per heavy atom. The molecule has 1 heterocycles. The summed E-state index contributed by atoms with van der Waals surface area (Å²) < 4.78 is 0. The van der Waals surface area contributed by atoms with Crippen LogP contribution in [0.1, 0.15) is 33.1 Å². The number of carbonyl (C=O) groups excluding carboxylic acids is 1. The van der Waals surface area contributed by atoms with Crippen LogP contribution in [0.5, 0.6) is 0 Å². The first kappa shape index (κ1) is 11.2. The van der Waals surface area contributed by atoms with Crippen LogP contribution >= 0.6 is 0 Å². The van der Waals surface area contributed by atoms with E-state index >= 15 is 0 Å². The van der Waals surface area contributed by atoms with E-state index in [-0.39, 0.29) is 11.7 Å². The van der Waals surface area contributed by atoms with Crippen LogP contribution in [-0.4, -0.2) is 34.4 Å². The molecule has 2 aliphatic rings. The molecule has 3 N–H and O–H groups in total. The SMILES string of the molecule is CC(C)(C(=O)N1CC2CCC1C2)C(N)=NO. The summed E-state index contributed by atoms with van der Waals surface area (Å²) >= 11 is 0. The van der Waals surface area contributed by atoms with Gasteiger partial charge in [-0.05, 0) is 39.0 Å². The van der Waals surface area contributed by atoms with Crippen LogP contribution in [0.3, 0.4) is 0 Å². The van der Waals surface area contributed by atoms with Gasteiger partial charge in [0.1, 0.15) is 5.41 Å². The molecule has 2 atom stereocenters. The Morgan fingerprint density at radius 2 is 2.19 bits per heavy atom. The number of oxime groups is 1. The molecule has 2 bridgehead atoms. The maximum Gasteiger partial charge on any atom is 0.236 e. The minimum Gasteiger partial charge on any atom is -0.409 e. The maximum atomic E-state index is 12.3. The largest absolute Gasteiger partial charge is 0.409 e. The molecule has 2 rings (SSSR count). The van der Waals surface area contributed by atoms with Gasteiger partial charge in [-0.25, -0.2) is 0 Å². The van der Waals surface area contributed by atoms with Crippen LogP contribution in [0.15, 0.2) is 5.16 Å². The lowest BCUT2D eigenvalue weighted by Crippen LogP contribution is -2.50. The van der Waals surface area contributed by atoms with Crippen LogP contribution in [0.4, 0.5) is 0 Å². The maximum absolute atomic E-state index is 12.3. The molecule has 5 nitrogen and oxygen atoms in total. The number of carbonyl (C=O) groups is 1. The number of piperidine rings is 1. The predicted molar refractivity (Wildman–Crippen MR) is 60.0 cm³/mol. The molecular formula is C11H19N3O2. The molecule has 2 unspecified atom stereocenters. The van der Waals surface area contributed by atoms with E-state index in [4.69, 9.17) is 10.9 Å². The van der Waals surface area contributed by atoms with Crippen molar-refractivity contribution < 1.29 is 10.0 Å². The summed E-state index contributed by atoms with van der Waals surface area (Å²) in [6.07, 6.45) is 3.46. The Kier molecular flexibility index (Phi) is 2.56. The monoisotopic (exact) mass is 225 g/mol. The van der Waals surface area contributed by atoms with Gasteiger partial charge in [0.15, 0.2) is 5.84 Å². The summed E-state index contributed by atoms with van der Waals surface area (Å²) in [5.41, 5.74) is 4.67. The molecule has 5 heteroatoms. The minimum atomic E-state index is -0.904. The van der Waals surface area contributed by atoms with Gasteiger partial charge in [-0.15, -0.1) is 0 Å². The first-order valence-electron chi connectivity index (χ1n) is 5.76. The molecule has 1 saturated heterocycles. The number of rotatable bonds is 2. The van der Waals surface area contributed by atoms with Gasteiger partial charge in [0.05, 0.1) is 0 Å². The van der Waals surface area contributed by atoms with E-state index in [1.54, 1.807) is 13.8 Å². The molecule has 2 fully saturated rings. The highest BCUT2D eigenvalue weighted by molar-refractivity contribution is 6.06. The number of hydrogen-bond acceptors (Lipinski definition) is 3. The molecule has 1 aliphatic carbocycles. The van der Waals surface area contributed by atoms with Gasteiger partial charge in [-0.3, -0.25) is 4.79 Å². The lowest BCUT2D eigenvalue weighted by Gasteiger charge is -2.33. The fraction of sp³-hybridized carbons (Fsp3) is 0.818. The van der Waals surface area contributed by atoms with E-state index in [0.29, 0.717) is 12.0 Å². The Bertz CT molecular complexity index is 338. The number of hydrogen-bond donors (Lipinski definition) is 2. The van der Waals surface area contributed by atoms with Crippen molar-refractivity contribution in [1.82, 2.24) is 4.90 Å². The molecule has 0 aromatic heterocycles.